The van der Waals surface area contributed by atoms with Gasteiger partial charge in [0.25, 0.3) is 5.91 Å². The van der Waals surface area contributed by atoms with E-state index in [1.807, 2.05) is 0 Å². The van der Waals surface area contributed by atoms with Crippen LogP contribution in [-0.2, 0) is 14.3 Å². The molecule has 1 atom stereocenters. The Balaban J connectivity index is 1.68. The van der Waals surface area contributed by atoms with E-state index in [0.29, 0.717) is 36.8 Å². The molecule has 2 aliphatic rings. The first-order chi connectivity index (χ1) is 13.0. The Morgan fingerprint density at radius 1 is 1.07 bits per heavy atom. The van der Waals surface area contributed by atoms with Gasteiger partial charge in [0.2, 0.25) is 5.91 Å². The first kappa shape index (κ1) is 19.7. The highest BCUT2D eigenvalue weighted by molar-refractivity contribution is 6.34. The summed E-state index contributed by atoms with van der Waals surface area (Å²) < 4.78 is 5.40. The largest absolute Gasteiger partial charge is 0.449 e. The van der Waals surface area contributed by atoms with Gasteiger partial charge in [-0.05, 0) is 44.4 Å². The van der Waals surface area contributed by atoms with E-state index in [1.54, 1.807) is 34.9 Å². The van der Waals surface area contributed by atoms with Crippen LogP contribution in [0, 0.1) is 0 Å². The maximum atomic E-state index is 12.6. The Morgan fingerprint density at radius 3 is 2.41 bits per heavy atom. The summed E-state index contributed by atoms with van der Waals surface area (Å²) in [5.41, 5.74) is 0.796. The van der Waals surface area contributed by atoms with E-state index < -0.39 is 12.1 Å². The molecule has 2 amide bonds. The summed E-state index contributed by atoms with van der Waals surface area (Å²) in [6.45, 7) is 3.61. The molecule has 146 valence electrons. The Morgan fingerprint density at radius 2 is 1.78 bits per heavy atom. The highest BCUT2D eigenvalue weighted by atomic mass is 35.5. The number of amides is 2. The molecule has 0 radical (unpaired) electrons. The number of hydrogen-bond donors (Lipinski definition) is 0. The third kappa shape index (κ3) is 4.61. The molecule has 7 heteroatoms. The molecular formula is C20H25ClN2O4. The van der Waals surface area contributed by atoms with Gasteiger partial charge in [0.05, 0.1) is 16.3 Å². The smallest absolute Gasteiger partial charge is 0.338 e. The second-order valence-electron chi connectivity index (χ2n) is 7.10. The van der Waals surface area contributed by atoms with Crippen molar-refractivity contribution in [3.63, 3.8) is 0 Å². The molecule has 6 nitrogen and oxygen atoms in total. The predicted molar refractivity (Wildman–Crippen MR) is 103 cm³/mol. The molecular weight excluding hydrogens is 368 g/mol. The average molecular weight is 393 g/mol. The van der Waals surface area contributed by atoms with Gasteiger partial charge in [-0.1, -0.05) is 24.4 Å². The van der Waals surface area contributed by atoms with Crippen molar-refractivity contribution in [2.45, 2.75) is 51.6 Å². The SMILES string of the molecule is C[C@@H](OC(=O)c1ccc(Cl)c(N2CCCC2=O)c1)C(=O)N1CCCCCC1. The van der Waals surface area contributed by atoms with Crippen molar-refractivity contribution >= 4 is 35.1 Å². The quantitative estimate of drug-likeness (QED) is 0.736. The highest BCUT2D eigenvalue weighted by Gasteiger charge is 2.27. The maximum Gasteiger partial charge on any atom is 0.338 e. The number of hydrogen-bond acceptors (Lipinski definition) is 4. The number of nitrogens with zero attached hydrogens (tertiary/aromatic N) is 2. The molecule has 0 spiro atoms. The molecule has 3 rings (SSSR count). The number of esters is 1. The van der Waals surface area contributed by atoms with Crippen LogP contribution in [0.5, 0.6) is 0 Å². The number of likely N-dealkylation sites (tertiary alicyclic amines) is 1. The molecule has 2 saturated heterocycles. The van der Waals surface area contributed by atoms with E-state index in [1.165, 1.54) is 0 Å². The normalized spacial score (nSPS) is 19.0. The topological polar surface area (TPSA) is 66.9 Å². The first-order valence-corrected chi connectivity index (χ1v) is 9.95. The van der Waals surface area contributed by atoms with E-state index >= 15 is 0 Å². The van der Waals surface area contributed by atoms with Crippen molar-refractivity contribution in [2.24, 2.45) is 0 Å². The number of halogens is 1. The molecule has 2 fully saturated rings. The Kier molecular flexibility index (Phi) is 6.37. The summed E-state index contributed by atoms with van der Waals surface area (Å²) in [4.78, 5) is 40.4. The molecule has 2 aliphatic heterocycles. The van der Waals surface area contributed by atoms with Crippen LogP contribution in [0.4, 0.5) is 5.69 Å². The Hall–Kier alpha value is -2.08. The van der Waals surface area contributed by atoms with Gasteiger partial charge in [-0.2, -0.15) is 0 Å². The van der Waals surface area contributed by atoms with Crippen LogP contribution in [0.1, 0.15) is 55.8 Å². The summed E-state index contributed by atoms with van der Waals surface area (Å²) in [6.07, 6.45) is 4.62. The summed E-state index contributed by atoms with van der Waals surface area (Å²) in [7, 11) is 0. The molecule has 0 saturated carbocycles. The molecule has 1 aromatic rings. The molecule has 2 heterocycles. The second kappa shape index (κ2) is 8.74. The summed E-state index contributed by atoms with van der Waals surface area (Å²) >= 11 is 6.21. The third-order valence-corrected chi connectivity index (χ3v) is 5.41. The lowest BCUT2D eigenvalue weighted by Crippen LogP contribution is -2.40. The minimum atomic E-state index is -0.844. The standard InChI is InChI=1S/C20H25ClN2O4/c1-14(19(25)22-10-4-2-3-5-11-22)27-20(26)15-8-9-16(21)17(13-15)23-12-6-7-18(23)24/h8-9,13-14H,2-7,10-12H2,1H3/t14-/m1/s1. The molecule has 0 aromatic heterocycles. The number of rotatable bonds is 4. The van der Waals surface area contributed by atoms with Crippen LogP contribution in [0.25, 0.3) is 0 Å². The average Bonchev–Trinajstić information content (AvgIpc) is 2.91. The van der Waals surface area contributed by atoms with E-state index in [0.717, 1.165) is 32.1 Å². The molecule has 0 bridgehead atoms. The molecule has 1 aromatic carbocycles. The van der Waals surface area contributed by atoms with Crippen LogP contribution < -0.4 is 4.90 Å². The van der Waals surface area contributed by atoms with E-state index in [4.69, 9.17) is 16.3 Å². The van der Waals surface area contributed by atoms with Crippen molar-refractivity contribution in [3.05, 3.63) is 28.8 Å². The van der Waals surface area contributed by atoms with Gasteiger partial charge in [0, 0.05) is 26.1 Å². The van der Waals surface area contributed by atoms with Crippen molar-refractivity contribution in [1.82, 2.24) is 4.90 Å². The van der Waals surface area contributed by atoms with Gasteiger partial charge in [-0.3, -0.25) is 9.59 Å². The molecule has 0 aliphatic carbocycles. The van der Waals surface area contributed by atoms with E-state index in [9.17, 15) is 14.4 Å². The zero-order valence-corrected chi connectivity index (χ0v) is 16.3. The fourth-order valence-corrected chi connectivity index (χ4v) is 3.80. The molecule has 27 heavy (non-hydrogen) atoms. The first-order valence-electron chi connectivity index (χ1n) is 9.57. The molecule has 0 N–H and O–H groups in total. The molecule has 0 unspecified atom stereocenters. The lowest BCUT2D eigenvalue weighted by molar-refractivity contribution is -0.139. The third-order valence-electron chi connectivity index (χ3n) is 5.10. The van der Waals surface area contributed by atoms with Crippen LogP contribution in [0.2, 0.25) is 5.02 Å². The van der Waals surface area contributed by atoms with Crippen LogP contribution in [-0.4, -0.2) is 48.4 Å². The lowest BCUT2D eigenvalue weighted by Gasteiger charge is -2.24. The zero-order chi connectivity index (χ0) is 19.4. The fraction of sp³-hybridized carbons (Fsp3) is 0.550. The van der Waals surface area contributed by atoms with Gasteiger partial charge in [0.1, 0.15) is 0 Å². The highest BCUT2D eigenvalue weighted by Crippen LogP contribution is 2.30. The monoisotopic (exact) mass is 392 g/mol. The van der Waals surface area contributed by atoms with Gasteiger partial charge >= 0.3 is 5.97 Å². The number of ether oxygens (including phenoxy) is 1. The van der Waals surface area contributed by atoms with E-state index in [-0.39, 0.29) is 17.4 Å². The predicted octanol–water partition coefficient (Wildman–Crippen LogP) is 3.41. The summed E-state index contributed by atoms with van der Waals surface area (Å²) in [5.74, 6) is -0.753. The van der Waals surface area contributed by atoms with Gasteiger partial charge in [-0.15, -0.1) is 0 Å². The number of anilines is 1. The summed E-state index contributed by atoms with van der Waals surface area (Å²) in [5, 5.41) is 0.412. The second-order valence-corrected chi connectivity index (χ2v) is 7.51. The summed E-state index contributed by atoms with van der Waals surface area (Å²) in [6, 6.07) is 4.70. The van der Waals surface area contributed by atoms with Gasteiger partial charge in [0.15, 0.2) is 6.10 Å². The number of carbonyl (C=O) groups is 3. The lowest BCUT2D eigenvalue weighted by atomic mass is 10.2. The maximum absolute atomic E-state index is 12.6. The van der Waals surface area contributed by atoms with Crippen molar-refractivity contribution in [3.8, 4) is 0 Å². The van der Waals surface area contributed by atoms with Crippen molar-refractivity contribution in [1.29, 1.82) is 0 Å². The van der Waals surface area contributed by atoms with Gasteiger partial charge in [-0.25, -0.2) is 4.79 Å². The van der Waals surface area contributed by atoms with Crippen LogP contribution in [0.3, 0.4) is 0 Å². The van der Waals surface area contributed by atoms with E-state index in [2.05, 4.69) is 0 Å². The van der Waals surface area contributed by atoms with Crippen molar-refractivity contribution < 1.29 is 19.1 Å². The Bertz CT molecular complexity index is 729. The van der Waals surface area contributed by atoms with Crippen LogP contribution >= 0.6 is 11.6 Å². The minimum Gasteiger partial charge on any atom is -0.449 e. The zero-order valence-electron chi connectivity index (χ0n) is 15.6. The number of carbonyl (C=O) groups excluding carboxylic acids is 3. The number of benzene rings is 1. The van der Waals surface area contributed by atoms with Crippen molar-refractivity contribution in [2.75, 3.05) is 24.5 Å². The Labute approximate surface area is 164 Å². The van der Waals surface area contributed by atoms with Crippen LogP contribution in [0.15, 0.2) is 18.2 Å². The fourth-order valence-electron chi connectivity index (χ4n) is 3.58. The minimum absolute atomic E-state index is 0.00729. The van der Waals surface area contributed by atoms with Gasteiger partial charge < -0.3 is 14.5 Å².